The van der Waals surface area contributed by atoms with Crippen LogP contribution in [-0.2, 0) is 6.42 Å². The molecule has 2 aromatic rings. The van der Waals surface area contributed by atoms with E-state index in [1.54, 1.807) is 34.4 Å². The van der Waals surface area contributed by atoms with Crippen molar-refractivity contribution in [2.45, 2.75) is 35.8 Å². The molecule has 0 saturated heterocycles. The number of hydrogen-bond donors (Lipinski definition) is 1. The molecule has 2 aromatic heterocycles. The Hall–Kier alpha value is -1.10. The predicted molar refractivity (Wildman–Crippen MR) is 86.6 cm³/mol. The number of aromatic nitrogens is 2. The molecule has 0 bridgehead atoms. The van der Waals surface area contributed by atoms with Gasteiger partial charge in [-0.1, -0.05) is 36.1 Å². The number of nitrogens with one attached hydrogen (secondary N) is 1. The van der Waals surface area contributed by atoms with Gasteiger partial charge in [-0.15, -0.1) is 21.5 Å². The lowest BCUT2D eigenvalue weighted by molar-refractivity contribution is 0.836. The fourth-order valence-corrected chi connectivity index (χ4v) is 4.38. The Labute approximate surface area is 131 Å². The van der Waals surface area contributed by atoms with E-state index in [0.717, 1.165) is 28.9 Å². The Bertz CT molecular complexity index is 544. The van der Waals surface area contributed by atoms with Crippen molar-refractivity contribution >= 4 is 39.6 Å². The summed E-state index contributed by atoms with van der Waals surface area (Å²) in [5, 5.41) is 23.6. The molecule has 7 heteroatoms. The summed E-state index contributed by atoms with van der Waals surface area (Å²) in [7, 11) is 0. The molecule has 0 aliphatic heterocycles. The fourth-order valence-electron chi connectivity index (χ4n) is 1.58. The molecule has 0 radical (unpaired) electrons. The van der Waals surface area contributed by atoms with E-state index < -0.39 is 0 Å². The Kier molecular flexibility index (Phi) is 6.30. The van der Waals surface area contributed by atoms with Crippen LogP contribution in [0.1, 0.15) is 24.6 Å². The van der Waals surface area contributed by atoms with Crippen molar-refractivity contribution in [2.75, 3.05) is 11.9 Å². The zero-order valence-corrected chi connectivity index (χ0v) is 13.7. The molecule has 106 valence electrons. The van der Waals surface area contributed by atoms with E-state index in [9.17, 15) is 0 Å². The number of thioether (sulfide) groups is 1. The van der Waals surface area contributed by atoms with Crippen LogP contribution in [0.5, 0.6) is 0 Å². The molecule has 4 nitrogen and oxygen atoms in total. The van der Waals surface area contributed by atoms with E-state index in [1.807, 2.05) is 0 Å². The third-order valence-electron chi connectivity index (χ3n) is 2.60. The maximum absolute atomic E-state index is 8.57. The van der Waals surface area contributed by atoms with Crippen LogP contribution in [-0.4, -0.2) is 22.0 Å². The van der Waals surface area contributed by atoms with Crippen LogP contribution in [0.2, 0.25) is 0 Å². The molecule has 0 spiro atoms. The lowest BCUT2D eigenvalue weighted by Gasteiger charge is -2.04. The summed E-state index contributed by atoms with van der Waals surface area (Å²) in [6, 6.07) is 6.39. The molecule has 0 saturated carbocycles. The van der Waals surface area contributed by atoms with Gasteiger partial charge in [0.1, 0.15) is 0 Å². The third-order valence-corrected chi connectivity index (χ3v) is 5.67. The highest BCUT2D eigenvalue weighted by Crippen LogP contribution is 2.30. The van der Waals surface area contributed by atoms with Crippen LogP contribution in [0, 0.1) is 11.3 Å². The summed E-state index contributed by atoms with van der Waals surface area (Å²) in [4.78, 5) is 1.38. The third kappa shape index (κ3) is 5.12. The number of rotatable bonds is 8. The SMILES string of the molecule is C[C@@H](CCC#N)Sc1nnc(NCCc2cccs2)s1. The van der Waals surface area contributed by atoms with E-state index in [1.165, 1.54) is 4.88 Å². The van der Waals surface area contributed by atoms with Crippen LogP contribution < -0.4 is 5.32 Å². The molecule has 0 amide bonds. The van der Waals surface area contributed by atoms with E-state index in [-0.39, 0.29) is 0 Å². The maximum atomic E-state index is 8.57. The first-order valence-corrected chi connectivity index (χ1v) is 8.99. The van der Waals surface area contributed by atoms with E-state index >= 15 is 0 Å². The molecule has 20 heavy (non-hydrogen) atoms. The van der Waals surface area contributed by atoms with Crippen LogP contribution in [0.3, 0.4) is 0 Å². The zero-order chi connectivity index (χ0) is 14.2. The summed E-state index contributed by atoms with van der Waals surface area (Å²) < 4.78 is 0.967. The molecule has 0 aliphatic carbocycles. The molecule has 1 N–H and O–H groups in total. The largest absolute Gasteiger partial charge is 0.360 e. The predicted octanol–water partition coefficient (Wildman–Crippen LogP) is 4.04. The molecular weight excluding hydrogens is 308 g/mol. The Balaban J connectivity index is 1.73. The molecular formula is C13H16N4S3. The summed E-state index contributed by atoms with van der Waals surface area (Å²) in [6.07, 6.45) is 2.50. The van der Waals surface area contributed by atoms with E-state index in [4.69, 9.17) is 5.26 Å². The molecule has 1 atom stereocenters. The molecule has 0 fully saturated rings. The van der Waals surface area contributed by atoms with Gasteiger partial charge in [0, 0.05) is 23.1 Å². The van der Waals surface area contributed by atoms with E-state index in [0.29, 0.717) is 11.7 Å². The fraction of sp³-hybridized carbons (Fsp3) is 0.462. The number of thiophene rings is 1. The summed E-state index contributed by atoms with van der Waals surface area (Å²) in [6.45, 7) is 3.00. The summed E-state index contributed by atoms with van der Waals surface area (Å²) in [5.41, 5.74) is 0. The van der Waals surface area contributed by atoms with Gasteiger partial charge in [0.05, 0.1) is 6.07 Å². The molecule has 0 aromatic carbocycles. The van der Waals surface area contributed by atoms with Gasteiger partial charge in [-0.25, -0.2) is 0 Å². The molecule has 0 unspecified atom stereocenters. The first kappa shape index (κ1) is 15.3. The first-order valence-electron chi connectivity index (χ1n) is 6.41. The van der Waals surface area contributed by atoms with Crippen LogP contribution >= 0.6 is 34.4 Å². The second kappa shape index (κ2) is 8.25. The first-order chi connectivity index (χ1) is 9.78. The van der Waals surface area contributed by atoms with Crippen LogP contribution in [0.25, 0.3) is 0 Å². The smallest absolute Gasteiger partial charge is 0.206 e. The number of hydrogen-bond acceptors (Lipinski definition) is 7. The number of nitrogens with zero attached hydrogens (tertiary/aromatic N) is 3. The van der Waals surface area contributed by atoms with Crippen molar-refractivity contribution in [2.24, 2.45) is 0 Å². The van der Waals surface area contributed by atoms with Crippen molar-refractivity contribution in [3.05, 3.63) is 22.4 Å². The summed E-state index contributed by atoms with van der Waals surface area (Å²) in [5.74, 6) is 0. The Morgan fingerprint density at radius 3 is 3.15 bits per heavy atom. The molecule has 2 heterocycles. The quantitative estimate of drug-likeness (QED) is 0.743. The van der Waals surface area contributed by atoms with Gasteiger partial charge in [-0.2, -0.15) is 5.26 Å². The highest BCUT2D eigenvalue weighted by atomic mass is 32.2. The highest BCUT2D eigenvalue weighted by Gasteiger charge is 2.09. The second-order valence-corrected chi connectivity index (χ2v) is 7.95. The van der Waals surface area contributed by atoms with E-state index in [2.05, 4.69) is 46.0 Å². The van der Waals surface area contributed by atoms with Gasteiger partial charge in [0.25, 0.3) is 0 Å². The number of nitriles is 1. The Morgan fingerprint density at radius 1 is 1.50 bits per heavy atom. The second-order valence-electron chi connectivity index (χ2n) is 4.25. The minimum atomic E-state index is 0.404. The van der Waals surface area contributed by atoms with Crippen molar-refractivity contribution < 1.29 is 0 Å². The van der Waals surface area contributed by atoms with Crippen molar-refractivity contribution in [3.63, 3.8) is 0 Å². The lowest BCUT2D eigenvalue weighted by atomic mass is 10.3. The van der Waals surface area contributed by atoms with Crippen LogP contribution in [0.4, 0.5) is 5.13 Å². The topological polar surface area (TPSA) is 61.6 Å². The van der Waals surface area contributed by atoms with Crippen molar-refractivity contribution in [1.29, 1.82) is 5.26 Å². The summed E-state index contributed by atoms with van der Waals surface area (Å²) >= 11 is 5.05. The standard InChI is InChI=1S/C13H16N4S3/c1-10(4-2-7-14)19-13-17-16-12(20-13)15-8-6-11-5-3-9-18-11/h3,5,9-10H,2,4,6,8H2,1H3,(H,15,16)/t10-/m0/s1. The minimum Gasteiger partial charge on any atom is -0.360 e. The molecule has 0 aliphatic rings. The minimum absolute atomic E-state index is 0.404. The van der Waals surface area contributed by atoms with Gasteiger partial charge in [-0.05, 0) is 24.3 Å². The van der Waals surface area contributed by atoms with Gasteiger partial charge >= 0.3 is 0 Å². The average molecular weight is 324 g/mol. The monoisotopic (exact) mass is 324 g/mol. The Morgan fingerprint density at radius 2 is 2.40 bits per heavy atom. The van der Waals surface area contributed by atoms with Gasteiger partial charge in [-0.3, -0.25) is 0 Å². The van der Waals surface area contributed by atoms with Gasteiger partial charge in [0.15, 0.2) is 4.34 Å². The van der Waals surface area contributed by atoms with Crippen molar-refractivity contribution in [1.82, 2.24) is 10.2 Å². The zero-order valence-electron chi connectivity index (χ0n) is 11.2. The maximum Gasteiger partial charge on any atom is 0.206 e. The number of anilines is 1. The highest BCUT2D eigenvalue weighted by molar-refractivity contribution is 8.01. The van der Waals surface area contributed by atoms with Gasteiger partial charge in [0.2, 0.25) is 5.13 Å². The average Bonchev–Trinajstić information content (AvgIpc) is 3.08. The lowest BCUT2D eigenvalue weighted by Crippen LogP contribution is -2.03. The van der Waals surface area contributed by atoms with Gasteiger partial charge < -0.3 is 5.32 Å². The molecule has 2 rings (SSSR count). The van der Waals surface area contributed by atoms with Crippen LogP contribution in [0.15, 0.2) is 21.9 Å². The normalized spacial score (nSPS) is 12.0. The van der Waals surface area contributed by atoms with Crippen molar-refractivity contribution in [3.8, 4) is 6.07 Å².